The average Bonchev–Trinajstić information content (AvgIpc) is 2.28. The molecule has 2 radical (unpaired) electrons. The van der Waals surface area contributed by atoms with Crippen LogP contribution in [0.1, 0.15) is 0 Å². The smallest absolute Gasteiger partial charge is 0.330 e. The number of ether oxygens (including phenoxy) is 1. The van der Waals surface area contributed by atoms with Gasteiger partial charge >= 0.3 is 5.97 Å². The van der Waals surface area contributed by atoms with Gasteiger partial charge in [-0.3, -0.25) is 0 Å². The molecule has 0 fully saturated rings. The molecule has 1 aliphatic rings. The van der Waals surface area contributed by atoms with Gasteiger partial charge in [0.05, 0.1) is 0 Å². The van der Waals surface area contributed by atoms with Crippen LogP contribution in [0.25, 0.3) is 0 Å². The summed E-state index contributed by atoms with van der Waals surface area (Å²) in [6, 6.07) is 0. The lowest BCUT2D eigenvalue weighted by atomic mass is 9.89. The predicted octanol–water partition coefficient (Wildman–Crippen LogP) is -0.705. The Kier molecular flexibility index (Phi) is 2.29. The molecule has 2 atom stereocenters. The molecule has 0 aromatic rings. The topological polar surface area (TPSA) is 46.5 Å². The Labute approximate surface area is 64.3 Å². The van der Waals surface area contributed by atoms with Crippen molar-refractivity contribution in [3.63, 3.8) is 0 Å². The summed E-state index contributed by atoms with van der Waals surface area (Å²) in [4.78, 5) is 10.5. The highest BCUT2D eigenvalue weighted by atomic mass is 19.1. The number of cyclic esters (lactones) is 1. The van der Waals surface area contributed by atoms with E-state index < -0.39 is 24.9 Å². The van der Waals surface area contributed by atoms with Gasteiger partial charge in [-0.05, 0) is 0 Å². The summed E-state index contributed by atoms with van der Waals surface area (Å²) in [6.07, 6.45) is -1.33. The number of halogens is 1. The molecule has 0 aromatic heterocycles. The largest absolute Gasteiger partial charge is 0.453 e. The fourth-order valence-corrected chi connectivity index (χ4v) is 0.827. The summed E-state index contributed by atoms with van der Waals surface area (Å²) < 4.78 is 16.3. The van der Waals surface area contributed by atoms with Crippen LogP contribution in [0, 0.1) is 0 Å². The van der Waals surface area contributed by atoms with Crippen LogP contribution in [0.15, 0.2) is 11.5 Å². The van der Waals surface area contributed by atoms with E-state index in [2.05, 4.69) is 4.74 Å². The summed E-state index contributed by atoms with van der Waals surface area (Å²) in [6.45, 7) is -0.980. The molecule has 1 heterocycles. The fourth-order valence-electron chi connectivity index (χ4n) is 0.827. The van der Waals surface area contributed by atoms with Crippen molar-refractivity contribution in [2.45, 2.75) is 12.2 Å². The molecular formula is C6H6BFO3. The molecule has 3 nitrogen and oxygen atoms in total. The highest BCUT2D eigenvalue weighted by Crippen LogP contribution is 2.15. The summed E-state index contributed by atoms with van der Waals surface area (Å²) in [5.74, 6) is -0.639. The number of carbonyl (C=O) groups is 1. The van der Waals surface area contributed by atoms with Gasteiger partial charge in [-0.15, -0.1) is 0 Å². The van der Waals surface area contributed by atoms with Gasteiger partial charge in [-0.25, -0.2) is 9.18 Å². The zero-order valence-electron chi connectivity index (χ0n) is 5.66. The van der Waals surface area contributed by atoms with Gasteiger partial charge < -0.3 is 9.84 Å². The highest BCUT2D eigenvalue weighted by Gasteiger charge is 2.28. The number of alkyl halides is 1. The molecule has 0 aromatic carbocycles. The van der Waals surface area contributed by atoms with E-state index in [-0.39, 0.29) is 5.47 Å². The van der Waals surface area contributed by atoms with Crippen LogP contribution in [0.4, 0.5) is 4.39 Å². The van der Waals surface area contributed by atoms with Crippen molar-refractivity contribution in [1.82, 2.24) is 0 Å². The maximum atomic E-state index is 11.8. The number of esters is 1. The third-order valence-electron chi connectivity index (χ3n) is 1.36. The molecular weight excluding hydrogens is 150 g/mol. The monoisotopic (exact) mass is 156 g/mol. The Hall–Kier alpha value is -0.835. The molecule has 0 aliphatic carbocycles. The van der Waals surface area contributed by atoms with Crippen LogP contribution in [0.2, 0.25) is 0 Å². The molecule has 0 bridgehead atoms. The van der Waals surface area contributed by atoms with Gasteiger partial charge in [0.2, 0.25) is 0 Å². The first-order valence-corrected chi connectivity index (χ1v) is 3.07. The predicted molar refractivity (Wildman–Crippen MR) is 35.7 cm³/mol. The highest BCUT2D eigenvalue weighted by molar-refractivity contribution is 6.25. The average molecular weight is 156 g/mol. The normalized spacial score (nSPS) is 26.2. The van der Waals surface area contributed by atoms with E-state index in [0.29, 0.717) is 0 Å². The van der Waals surface area contributed by atoms with E-state index in [4.69, 9.17) is 13.0 Å². The summed E-state index contributed by atoms with van der Waals surface area (Å²) in [7, 11) is 5.23. The van der Waals surface area contributed by atoms with Crippen LogP contribution in [0.5, 0.6) is 0 Å². The van der Waals surface area contributed by atoms with E-state index in [1.165, 1.54) is 0 Å². The summed E-state index contributed by atoms with van der Waals surface area (Å²) >= 11 is 0. The maximum Gasteiger partial charge on any atom is 0.330 e. The molecule has 58 valence electrons. The number of carbonyl (C=O) groups excluding carboxylic acids is 1. The molecule has 0 saturated heterocycles. The Morgan fingerprint density at radius 2 is 2.55 bits per heavy atom. The molecule has 1 unspecified atom stereocenters. The Morgan fingerprint density at radius 3 is 2.91 bits per heavy atom. The number of hydrogen-bond acceptors (Lipinski definition) is 3. The third-order valence-corrected chi connectivity index (χ3v) is 1.36. The summed E-state index contributed by atoms with van der Waals surface area (Å²) in [5, 5.41) is 8.87. The Morgan fingerprint density at radius 1 is 1.91 bits per heavy atom. The lowest BCUT2D eigenvalue weighted by molar-refractivity contribution is -0.143. The second-order valence-corrected chi connectivity index (χ2v) is 2.22. The Bertz CT molecular complexity index is 204. The van der Waals surface area contributed by atoms with Crippen molar-refractivity contribution in [1.29, 1.82) is 0 Å². The quantitative estimate of drug-likeness (QED) is 0.424. The van der Waals surface area contributed by atoms with E-state index in [1.807, 2.05) is 0 Å². The summed E-state index contributed by atoms with van der Waals surface area (Å²) in [5.41, 5.74) is 0.0696. The van der Waals surface area contributed by atoms with Gasteiger partial charge in [0, 0.05) is 6.08 Å². The van der Waals surface area contributed by atoms with Crippen molar-refractivity contribution in [2.75, 3.05) is 6.67 Å². The molecule has 11 heavy (non-hydrogen) atoms. The van der Waals surface area contributed by atoms with Crippen molar-refractivity contribution in [3.05, 3.63) is 11.5 Å². The number of aliphatic hydroxyl groups is 1. The van der Waals surface area contributed by atoms with Crippen LogP contribution >= 0.6 is 0 Å². The van der Waals surface area contributed by atoms with Crippen LogP contribution < -0.4 is 0 Å². The minimum absolute atomic E-state index is 0.0696. The Balaban J connectivity index is 2.63. The molecule has 0 spiro atoms. The molecule has 1 N–H and O–H groups in total. The van der Waals surface area contributed by atoms with Crippen molar-refractivity contribution in [2.24, 2.45) is 0 Å². The van der Waals surface area contributed by atoms with Crippen LogP contribution in [-0.2, 0) is 9.53 Å². The minimum atomic E-state index is -1.35. The van der Waals surface area contributed by atoms with E-state index in [0.717, 1.165) is 6.08 Å². The molecule has 1 aliphatic heterocycles. The molecule has 0 amide bonds. The van der Waals surface area contributed by atoms with Crippen LogP contribution in [-0.4, -0.2) is 37.8 Å². The lowest BCUT2D eigenvalue weighted by Gasteiger charge is -2.15. The maximum absolute atomic E-state index is 11.8. The third kappa shape index (κ3) is 1.60. The van der Waals surface area contributed by atoms with Gasteiger partial charge in [-0.1, -0.05) is 5.47 Å². The molecule has 0 saturated carbocycles. The fraction of sp³-hybridized carbons (Fsp3) is 0.500. The SMILES string of the molecule is [B]C1=CC(=O)OC1[C@@H](O)CF. The lowest BCUT2D eigenvalue weighted by Crippen LogP contribution is -2.30. The zero-order valence-corrected chi connectivity index (χ0v) is 5.66. The second-order valence-electron chi connectivity index (χ2n) is 2.22. The number of rotatable bonds is 2. The van der Waals surface area contributed by atoms with Crippen molar-refractivity contribution < 1.29 is 19.0 Å². The first-order valence-electron chi connectivity index (χ1n) is 3.07. The zero-order chi connectivity index (χ0) is 8.43. The van der Waals surface area contributed by atoms with E-state index in [1.54, 1.807) is 0 Å². The number of hydrogen-bond donors (Lipinski definition) is 1. The standard InChI is InChI=1S/C6H6BFO3/c7-3-1-5(10)11-6(3)4(9)2-8/h1,4,6,9H,2H2/t4-,6?/m0/s1. The minimum Gasteiger partial charge on any atom is -0.453 e. The van der Waals surface area contributed by atoms with Gasteiger partial charge in [0.25, 0.3) is 0 Å². The molecule has 1 rings (SSSR count). The number of aliphatic hydroxyl groups excluding tert-OH is 1. The van der Waals surface area contributed by atoms with Crippen molar-refractivity contribution in [3.8, 4) is 0 Å². The van der Waals surface area contributed by atoms with E-state index in [9.17, 15) is 9.18 Å². The first kappa shape index (κ1) is 8.26. The second kappa shape index (κ2) is 3.05. The first-order chi connectivity index (χ1) is 5.15. The molecule has 5 heteroatoms. The van der Waals surface area contributed by atoms with Gasteiger partial charge in [-0.2, -0.15) is 0 Å². The van der Waals surface area contributed by atoms with E-state index >= 15 is 0 Å². The van der Waals surface area contributed by atoms with Crippen molar-refractivity contribution >= 4 is 13.8 Å². The van der Waals surface area contributed by atoms with Crippen LogP contribution in [0.3, 0.4) is 0 Å². The van der Waals surface area contributed by atoms with Gasteiger partial charge in [0.1, 0.15) is 26.7 Å². The van der Waals surface area contributed by atoms with Gasteiger partial charge in [0.15, 0.2) is 0 Å².